The van der Waals surface area contributed by atoms with Crippen LogP contribution in [0.3, 0.4) is 0 Å². The summed E-state index contributed by atoms with van der Waals surface area (Å²) in [4.78, 5) is 0. The summed E-state index contributed by atoms with van der Waals surface area (Å²) in [6.07, 6.45) is 9.48. The normalized spacial score (nSPS) is 19.5. The molecule has 1 atom stereocenters. The van der Waals surface area contributed by atoms with E-state index in [1.165, 1.54) is 23.1 Å². The molecule has 0 saturated carbocycles. The van der Waals surface area contributed by atoms with Crippen molar-refractivity contribution in [2.75, 3.05) is 0 Å². The molecule has 0 N–H and O–H groups in total. The second-order valence-electron chi connectivity index (χ2n) is 8.42. The number of hydrogen-bond acceptors (Lipinski definition) is 0. The van der Waals surface area contributed by atoms with Gasteiger partial charge in [-0.05, 0) is 46.3 Å². The van der Waals surface area contributed by atoms with Gasteiger partial charge in [-0.3, -0.25) is 0 Å². The molecule has 1 unspecified atom stereocenters. The largest absolute Gasteiger partial charge is 0.0805 e. The van der Waals surface area contributed by atoms with Gasteiger partial charge in [-0.1, -0.05) is 84.0 Å². The van der Waals surface area contributed by atoms with Gasteiger partial charge in [0.05, 0.1) is 0 Å². The van der Waals surface area contributed by atoms with Gasteiger partial charge in [0.1, 0.15) is 0 Å². The number of hydrogen-bond donors (Lipinski definition) is 0. The lowest BCUT2D eigenvalue weighted by molar-refractivity contribution is 0.504. The van der Waals surface area contributed by atoms with Gasteiger partial charge in [0, 0.05) is 0 Å². The fourth-order valence-electron chi connectivity index (χ4n) is 2.82. The highest BCUT2D eigenvalue weighted by molar-refractivity contribution is 5.31. The van der Waals surface area contributed by atoms with Crippen molar-refractivity contribution < 1.29 is 0 Å². The number of allylic oxidation sites excluding steroid dienone is 4. The summed E-state index contributed by atoms with van der Waals surface area (Å²) in [6, 6.07) is 9.19. The predicted octanol–water partition coefficient (Wildman–Crippen LogP) is 6.08. The molecule has 21 heavy (non-hydrogen) atoms. The van der Waals surface area contributed by atoms with Gasteiger partial charge in [-0.25, -0.2) is 0 Å². The minimum Gasteiger partial charge on any atom is -0.0805 e. The van der Waals surface area contributed by atoms with Crippen molar-refractivity contribution in [3.63, 3.8) is 0 Å². The summed E-state index contributed by atoms with van der Waals surface area (Å²) in [6.45, 7) is 13.7. The molecule has 0 saturated heterocycles. The van der Waals surface area contributed by atoms with Gasteiger partial charge in [-0.15, -0.1) is 0 Å². The summed E-state index contributed by atoms with van der Waals surface area (Å²) in [5.74, 6) is 0.650. The second kappa shape index (κ2) is 5.83. The van der Waals surface area contributed by atoms with Crippen molar-refractivity contribution in [1.82, 2.24) is 0 Å². The van der Waals surface area contributed by atoms with E-state index in [4.69, 9.17) is 0 Å². The zero-order valence-corrected chi connectivity index (χ0v) is 14.5. The van der Waals surface area contributed by atoms with Crippen LogP contribution in [-0.4, -0.2) is 0 Å². The van der Waals surface area contributed by atoms with Crippen LogP contribution in [0.1, 0.15) is 59.1 Å². The Labute approximate surface area is 131 Å². The van der Waals surface area contributed by atoms with Crippen molar-refractivity contribution in [3.05, 3.63) is 59.2 Å². The van der Waals surface area contributed by atoms with Crippen LogP contribution in [0.15, 0.2) is 48.1 Å². The topological polar surface area (TPSA) is 0 Å². The third-order valence-corrected chi connectivity index (χ3v) is 4.37. The van der Waals surface area contributed by atoms with Gasteiger partial charge in [0.25, 0.3) is 0 Å². The highest BCUT2D eigenvalue weighted by atomic mass is 14.2. The fourth-order valence-corrected chi connectivity index (χ4v) is 2.82. The van der Waals surface area contributed by atoms with Crippen LogP contribution in [0.2, 0.25) is 0 Å². The summed E-state index contributed by atoms with van der Waals surface area (Å²) >= 11 is 0. The Morgan fingerprint density at radius 1 is 0.905 bits per heavy atom. The average Bonchev–Trinajstić information content (AvgIpc) is 2.38. The average molecular weight is 282 g/mol. The maximum Gasteiger partial charge on any atom is -0.0132 e. The van der Waals surface area contributed by atoms with Crippen LogP contribution in [0, 0.1) is 11.3 Å². The van der Waals surface area contributed by atoms with Crippen LogP contribution in [0.5, 0.6) is 0 Å². The van der Waals surface area contributed by atoms with E-state index in [2.05, 4.69) is 84.0 Å². The molecule has 0 bridgehead atoms. The van der Waals surface area contributed by atoms with Crippen LogP contribution in [0.25, 0.3) is 0 Å². The van der Waals surface area contributed by atoms with Gasteiger partial charge < -0.3 is 0 Å². The van der Waals surface area contributed by atoms with Crippen molar-refractivity contribution >= 4 is 0 Å². The first-order chi connectivity index (χ1) is 9.66. The molecule has 0 heteroatoms. The van der Waals surface area contributed by atoms with E-state index in [-0.39, 0.29) is 10.8 Å². The molecule has 0 radical (unpaired) electrons. The highest BCUT2D eigenvalue weighted by Gasteiger charge is 2.19. The predicted molar refractivity (Wildman–Crippen MR) is 93.6 cm³/mol. The Morgan fingerprint density at radius 2 is 1.52 bits per heavy atom. The summed E-state index contributed by atoms with van der Waals surface area (Å²) < 4.78 is 0. The quantitative estimate of drug-likeness (QED) is 0.617. The molecule has 1 aliphatic rings. The van der Waals surface area contributed by atoms with Crippen LogP contribution in [-0.2, 0) is 11.8 Å². The SMILES string of the molecule is CC(C)(C)C1=CCC(Cc2ccc(C(C)(C)C)cc2)C=C1. The van der Waals surface area contributed by atoms with Crippen molar-refractivity contribution in [2.45, 2.75) is 59.8 Å². The van der Waals surface area contributed by atoms with Crippen molar-refractivity contribution in [2.24, 2.45) is 11.3 Å². The monoisotopic (exact) mass is 282 g/mol. The van der Waals surface area contributed by atoms with Crippen LogP contribution in [0.4, 0.5) is 0 Å². The van der Waals surface area contributed by atoms with Crippen LogP contribution < -0.4 is 0 Å². The zero-order chi connectivity index (χ0) is 15.7. The van der Waals surface area contributed by atoms with Crippen molar-refractivity contribution in [1.29, 1.82) is 0 Å². The molecule has 0 aliphatic heterocycles. The molecular weight excluding hydrogens is 252 g/mol. The molecule has 0 amide bonds. The molecule has 0 fully saturated rings. The third kappa shape index (κ3) is 4.33. The Balaban J connectivity index is 1.99. The Kier molecular flexibility index (Phi) is 4.46. The van der Waals surface area contributed by atoms with E-state index in [0.717, 1.165) is 6.42 Å². The third-order valence-electron chi connectivity index (χ3n) is 4.37. The van der Waals surface area contributed by atoms with E-state index in [1.54, 1.807) is 0 Å². The van der Waals surface area contributed by atoms with Gasteiger partial charge in [-0.2, -0.15) is 0 Å². The smallest absolute Gasteiger partial charge is 0.0132 e. The van der Waals surface area contributed by atoms with E-state index < -0.39 is 0 Å². The summed E-state index contributed by atoms with van der Waals surface area (Å²) in [5.41, 5.74) is 4.86. The minimum absolute atomic E-state index is 0.244. The molecule has 0 heterocycles. The molecule has 0 aromatic heterocycles. The lowest BCUT2D eigenvalue weighted by Gasteiger charge is -2.25. The van der Waals surface area contributed by atoms with Crippen LogP contribution >= 0.6 is 0 Å². The summed E-state index contributed by atoms with van der Waals surface area (Å²) in [7, 11) is 0. The molecule has 1 aromatic carbocycles. The molecule has 0 nitrogen and oxygen atoms in total. The van der Waals surface area contributed by atoms with Gasteiger partial charge in [0.2, 0.25) is 0 Å². The molecule has 1 aliphatic carbocycles. The Bertz CT molecular complexity index is 527. The van der Waals surface area contributed by atoms with Gasteiger partial charge >= 0.3 is 0 Å². The fraction of sp³-hybridized carbons (Fsp3) is 0.524. The highest BCUT2D eigenvalue weighted by Crippen LogP contribution is 2.32. The number of rotatable bonds is 2. The number of benzene rings is 1. The Hall–Kier alpha value is -1.30. The van der Waals surface area contributed by atoms with E-state index >= 15 is 0 Å². The maximum absolute atomic E-state index is 2.42. The first-order valence-corrected chi connectivity index (χ1v) is 8.14. The van der Waals surface area contributed by atoms with E-state index in [0.29, 0.717) is 5.92 Å². The Morgan fingerprint density at radius 3 is 1.95 bits per heavy atom. The molecule has 114 valence electrons. The molecule has 2 rings (SSSR count). The minimum atomic E-state index is 0.244. The van der Waals surface area contributed by atoms with E-state index in [1.807, 2.05) is 0 Å². The maximum atomic E-state index is 2.42. The van der Waals surface area contributed by atoms with Crippen molar-refractivity contribution in [3.8, 4) is 0 Å². The lowest BCUT2D eigenvalue weighted by Crippen LogP contribution is -2.13. The standard InChI is InChI=1S/C21H30/c1-20(2,3)18-11-7-16(8-12-18)15-17-9-13-19(14-10-17)21(4,5)6/h7-9,11-14,17H,10,15H2,1-6H3. The lowest BCUT2D eigenvalue weighted by atomic mass is 9.80. The molecule has 0 spiro atoms. The second-order valence-corrected chi connectivity index (χ2v) is 8.42. The molecular formula is C21H30. The van der Waals surface area contributed by atoms with Gasteiger partial charge in [0.15, 0.2) is 0 Å². The zero-order valence-electron chi connectivity index (χ0n) is 14.5. The first kappa shape index (κ1) is 16.1. The first-order valence-electron chi connectivity index (χ1n) is 8.14. The molecule has 1 aromatic rings. The summed E-state index contributed by atoms with van der Waals surface area (Å²) in [5, 5.41) is 0. The van der Waals surface area contributed by atoms with E-state index in [9.17, 15) is 0 Å².